The van der Waals surface area contributed by atoms with Crippen molar-refractivity contribution in [1.29, 1.82) is 0 Å². The van der Waals surface area contributed by atoms with Gasteiger partial charge in [-0.3, -0.25) is 4.99 Å². The molecule has 166 valence electrons. The average Bonchev–Trinajstić information content (AvgIpc) is 3.25. The van der Waals surface area contributed by atoms with Crippen molar-refractivity contribution in [2.24, 2.45) is 12.0 Å². The zero-order chi connectivity index (χ0) is 22.1. The van der Waals surface area contributed by atoms with Gasteiger partial charge in [-0.25, -0.2) is 4.98 Å². The molecule has 1 atom stereocenters. The summed E-state index contributed by atoms with van der Waals surface area (Å²) >= 11 is 0. The summed E-state index contributed by atoms with van der Waals surface area (Å²) in [6.45, 7) is 4.22. The zero-order valence-electron chi connectivity index (χ0n) is 19.1. The Morgan fingerprint density at radius 2 is 2.16 bits per heavy atom. The van der Waals surface area contributed by atoms with Crippen LogP contribution in [0.4, 0.5) is 0 Å². The zero-order valence-corrected chi connectivity index (χ0v) is 19.1. The highest BCUT2D eigenvalue weighted by molar-refractivity contribution is 5.99. The molecule has 1 saturated carbocycles. The maximum Gasteiger partial charge on any atom is 0.259 e. The molecule has 2 heterocycles. The normalized spacial score (nSPS) is 16.0. The van der Waals surface area contributed by atoms with Gasteiger partial charge in [0.15, 0.2) is 23.2 Å². The minimum atomic E-state index is -0.291. The third-order valence-electron chi connectivity index (χ3n) is 6.00. The summed E-state index contributed by atoms with van der Waals surface area (Å²) in [4.78, 5) is 11.5. The lowest BCUT2D eigenvalue weighted by Crippen LogP contribution is -2.35. The molecule has 31 heavy (non-hydrogen) atoms. The van der Waals surface area contributed by atoms with Gasteiger partial charge in [-0.1, -0.05) is 4.68 Å². The van der Waals surface area contributed by atoms with Crippen molar-refractivity contribution >= 4 is 16.9 Å². The van der Waals surface area contributed by atoms with E-state index in [4.69, 9.17) is 14.5 Å². The van der Waals surface area contributed by atoms with E-state index in [2.05, 4.69) is 26.1 Å². The first-order chi connectivity index (χ1) is 14.9. The fourth-order valence-electron chi connectivity index (χ4n) is 3.78. The Kier molecular flexibility index (Phi) is 6.01. The molecular formula is C21H31N8O2+. The Morgan fingerprint density at radius 3 is 2.74 bits per heavy atom. The number of ether oxygens (including phenoxy) is 2. The Labute approximate surface area is 182 Å². The molecule has 10 heteroatoms. The lowest BCUT2D eigenvalue weighted by Gasteiger charge is -2.31. The van der Waals surface area contributed by atoms with E-state index in [0.717, 1.165) is 47.0 Å². The molecule has 0 bridgehead atoms. The summed E-state index contributed by atoms with van der Waals surface area (Å²) in [7, 11) is 7.27. The predicted octanol–water partition coefficient (Wildman–Crippen LogP) is 1.75. The van der Waals surface area contributed by atoms with Gasteiger partial charge < -0.3 is 18.9 Å². The summed E-state index contributed by atoms with van der Waals surface area (Å²) in [6.07, 6.45) is 3.21. The Morgan fingerprint density at radius 1 is 1.39 bits per heavy atom. The molecule has 2 aromatic heterocycles. The first kappa shape index (κ1) is 21.4. The second-order valence-electron chi connectivity index (χ2n) is 7.97. The van der Waals surface area contributed by atoms with Crippen LogP contribution in [-0.4, -0.2) is 69.6 Å². The van der Waals surface area contributed by atoms with E-state index in [9.17, 15) is 0 Å². The van der Waals surface area contributed by atoms with Crippen molar-refractivity contribution in [3.8, 4) is 5.69 Å². The second kappa shape index (κ2) is 8.72. The molecular weight excluding hydrogens is 396 g/mol. The van der Waals surface area contributed by atoms with Crippen molar-refractivity contribution in [2.45, 2.75) is 45.4 Å². The van der Waals surface area contributed by atoms with Crippen LogP contribution in [0.5, 0.6) is 0 Å². The van der Waals surface area contributed by atoms with E-state index in [-0.39, 0.29) is 6.29 Å². The van der Waals surface area contributed by atoms with Crippen LogP contribution in [0.2, 0.25) is 0 Å². The monoisotopic (exact) mass is 427 g/mol. The molecule has 0 amide bonds. The van der Waals surface area contributed by atoms with Crippen LogP contribution in [-0.2, 0) is 16.5 Å². The van der Waals surface area contributed by atoms with E-state index in [1.807, 2.05) is 49.7 Å². The molecule has 0 N–H and O–H groups in total. The lowest BCUT2D eigenvalue weighted by atomic mass is 9.92. The highest BCUT2D eigenvalue weighted by Gasteiger charge is 2.29. The fourth-order valence-corrected chi connectivity index (χ4v) is 3.78. The van der Waals surface area contributed by atoms with E-state index in [1.54, 1.807) is 18.8 Å². The molecule has 0 radical (unpaired) electrons. The van der Waals surface area contributed by atoms with Gasteiger partial charge in [0.25, 0.3) is 5.82 Å². The molecule has 0 spiro atoms. The molecule has 1 aliphatic carbocycles. The number of rotatable bonds is 7. The summed E-state index contributed by atoms with van der Waals surface area (Å²) in [5, 5.41) is 8.40. The number of aromatic nitrogens is 6. The number of imidazole rings is 1. The minimum absolute atomic E-state index is 0.291. The molecule has 3 aromatic rings. The van der Waals surface area contributed by atoms with Crippen LogP contribution in [0.3, 0.4) is 0 Å². The number of tetrazole rings is 1. The number of methoxy groups -OCH3 is 1. The number of aliphatic imine (C=N–C) groups is 1. The van der Waals surface area contributed by atoms with Crippen molar-refractivity contribution < 1.29 is 14.2 Å². The third-order valence-corrected chi connectivity index (χ3v) is 6.00. The highest BCUT2D eigenvalue weighted by atomic mass is 16.7. The van der Waals surface area contributed by atoms with Gasteiger partial charge >= 0.3 is 0 Å². The number of hydrogen-bond acceptors (Lipinski definition) is 6. The largest absolute Gasteiger partial charge is 0.356 e. The van der Waals surface area contributed by atoms with Gasteiger partial charge in [-0.15, -0.1) is 4.68 Å². The van der Waals surface area contributed by atoms with Gasteiger partial charge in [0.1, 0.15) is 17.6 Å². The number of aryl methyl sites for hydroxylation is 1. The van der Waals surface area contributed by atoms with E-state index in [0.29, 0.717) is 12.8 Å². The van der Waals surface area contributed by atoms with Gasteiger partial charge in [-0.05, 0) is 38.3 Å². The first-order valence-electron chi connectivity index (χ1n) is 10.6. The predicted molar refractivity (Wildman–Crippen MR) is 116 cm³/mol. The van der Waals surface area contributed by atoms with Gasteiger partial charge in [0.2, 0.25) is 0 Å². The lowest BCUT2D eigenvalue weighted by molar-refractivity contribution is -0.737. The van der Waals surface area contributed by atoms with Gasteiger partial charge in [0, 0.05) is 40.2 Å². The maximum absolute atomic E-state index is 5.73. The van der Waals surface area contributed by atoms with Crippen molar-refractivity contribution in [3.63, 3.8) is 0 Å². The number of hydrogen-bond donors (Lipinski definition) is 0. The van der Waals surface area contributed by atoms with Crippen LogP contribution < -0.4 is 4.68 Å². The molecule has 0 saturated heterocycles. The van der Waals surface area contributed by atoms with Crippen molar-refractivity contribution in [1.82, 2.24) is 29.6 Å². The number of nitrogens with zero attached hydrogens (tertiary/aromatic N) is 8. The van der Waals surface area contributed by atoms with Crippen molar-refractivity contribution in [2.75, 3.05) is 27.9 Å². The summed E-state index contributed by atoms with van der Waals surface area (Å²) in [6, 6.07) is 6.62. The van der Waals surface area contributed by atoms with E-state index >= 15 is 0 Å². The maximum atomic E-state index is 5.73. The fraction of sp³-hybridized carbons (Fsp3) is 0.571. The minimum Gasteiger partial charge on any atom is -0.356 e. The Balaban J connectivity index is 1.77. The molecule has 1 unspecified atom stereocenters. The van der Waals surface area contributed by atoms with Crippen LogP contribution in [0.1, 0.15) is 43.9 Å². The average molecular weight is 428 g/mol. The smallest absolute Gasteiger partial charge is 0.259 e. The van der Waals surface area contributed by atoms with Crippen LogP contribution in [0.15, 0.2) is 23.2 Å². The molecule has 4 rings (SSSR count). The van der Waals surface area contributed by atoms with E-state index in [1.165, 1.54) is 6.42 Å². The van der Waals surface area contributed by atoms with E-state index < -0.39 is 0 Å². The third kappa shape index (κ3) is 3.92. The highest BCUT2D eigenvalue weighted by Crippen LogP contribution is 2.36. The van der Waals surface area contributed by atoms with Gasteiger partial charge in [-0.2, -0.15) is 0 Å². The Bertz CT molecular complexity index is 1100. The SMILES string of the molecule is C/N=C(/c1nc2ccc(-n3nn[n+](C)c3C)cc2n1C1CCC1)N(C)COC(C)OC. The number of amidine groups is 1. The summed E-state index contributed by atoms with van der Waals surface area (Å²) in [5.74, 6) is 2.60. The standard InChI is InChI=1S/C21H31N8O2/c1-14-27(5)24-25-29(14)17-10-11-18-19(12-17)28(16-8-7-9-16)21(23-18)20(22-3)26(4)13-31-15(2)30-6/h10-12,15-16H,7-9,13H2,1-6H3/q+1/b22-20-. The Hall–Kier alpha value is -2.85. The molecule has 1 aromatic carbocycles. The van der Waals surface area contributed by atoms with Crippen molar-refractivity contribution in [3.05, 3.63) is 29.8 Å². The first-order valence-corrected chi connectivity index (χ1v) is 10.6. The number of fused-ring (bicyclic) bond motifs is 1. The van der Waals surface area contributed by atoms with Crippen LogP contribution in [0.25, 0.3) is 16.7 Å². The van der Waals surface area contributed by atoms with Crippen LogP contribution >= 0.6 is 0 Å². The molecule has 0 aliphatic heterocycles. The van der Waals surface area contributed by atoms with Gasteiger partial charge in [0.05, 0.1) is 18.1 Å². The quantitative estimate of drug-likeness (QED) is 0.247. The molecule has 1 fully saturated rings. The van der Waals surface area contributed by atoms with Crippen LogP contribution in [0, 0.1) is 6.92 Å². The molecule has 10 nitrogen and oxygen atoms in total. The summed E-state index contributed by atoms with van der Waals surface area (Å²) in [5.41, 5.74) is 2.98. The topological polar surface area (TPSA) is 86.5 Å². The number of benzene rings is 1. The second-order valence-corrected chi connectivity index (χ2v) is 7.97. The summed E-state index contributed by atoms with van der Waals surface area (Å²) < 4.78 is 16.9. The molecule has 1 aliphatic rings.